The molecule has 0 saturated heterocycles. The van der Waals surface area contributed by atoms with Crippen LogP contribution in [0, 0.1) is 0 Å². The summed E-state index contributed by atoms with van der Waals surface area (Å²) in [6.07, 6.45) is 1.39. The van der Waals surface area contributed by atoms with Gasteiger partial charge in [-0.2, -0.15) is 0 Å². The van der Waals surface area contributed by atoms with E-state index in [2.05, 4.69) is 18.7 Å². The molecule has 0 N–H and O–H groups in total. The Balaban J connectivity index is 3.74. The van der Waals surface area contributed by atoms with Crippen LogP contribution in [0.15, 0.2) is 0 Å². The Morgan fingerprint density at radius 3 is 2.12 bits per heavy atom. The van der Waals surface area contributed by atoms with E-state index in [4.69, 9.17) is 0 Å². The van der Waals surface area contributed by atoms with Crippen molar-refractivity contribution in [2.45, 2.75) is 40.0 Å². The molecule has 0 unspecified atom stereocenters. The second kappa shape index (κ2) is 8.64. The first-order valence-corrected chi connectivity index (χ1v) is 8.21. The van der Waals surface area contributed by atoms with Gasteiger partial charge in [0, 0.05) is 25.1 Å². The lowest BCUT2D eigenvalue weighted by molar-refractivity contribution is -0.119. The van der Waals surface area contributed by atoms with Crippen molar-refractivity contribution in [3.05, 3.63) is 0 Å². The maximum absolute atomic E-state index is 11.5. The molecule has 0 fully saturated rings. The van der Waals surface area contributed by atoms with Crippen LogP contribution in [0.2, 0.25) is 0 Å². The monoisotopic (exact) mass is 263 g/mol. The van der Waals surface area contributed by atoms with Gasteiger partial charge in [-0.3, -0.25) is 4.79 Å². The van der Waals surface area contributed by atoms with Crippen molar-refractivity contribution >= 4 is 15.6 Å². The molecule has 17 heavy (non-hydrogen) atoms. The van der Waals surface area contributed by atoms with Crippen molar-refractivity contribution in [2.75, 3.05) is 31.1 Å². The Morgan fingerprint density at radius 2 is 1.65 bits per heavy atom. The molecule has 0 atom stereocenters. The number of ketones is 1. The van der Waals surface area contributed by atoms with E-state index in [1.54, 1.807) is 6.92 Å². The molecule has 0 aliphatic heterocycles. The zero-order chi connectivity index (χ0) is 13.3. The van der Waals surface area contributed by atoms with Crippen molar-refractivity contribution in [2.24, 2.45) is 0 Å². The van der Waals surface area contributed by atoms with Gasteiger partial charge in [-0.25, -0.2) is 8.42 Å². The maximum atomic E-state index is 11.5. The van der Waals surface area contributed by atoms with Gasteiger partial charge >= 0.3 is 0 Å². The molecule has 0 rings (SSSR count). The minimum absolute atomic E-state index is 0.139. The molecular weight excluding hydrogens is 238 g/mol. The van der Waals surface area contributed by atoms with Gasteiger partial charge in [0.25, 0.3) is 0 Å². The third kappa shape index (κ3) is 8.32. The minimum atomic E-state index is -2.92. The van der Waals surface area contributed by atoms with E-state index >= 15 is 0 Å². The second-order valence-corrected chi connectivity index (χ2v) is 6.63. The van der Waals surface area contributed by atoms with Crippen LogP contribution in [0.4, 0.5) is 0 Å². The van der Waals surface area contributed by atoms with Crippen LogP contribution in [-0.4, -0.2) is 50.2 Å². The standard InChI is InChI=1S/C12H25NO3S/c1-4-13(5-2)10-9-12(14)8-7-11-17(15,16)6-3/h4-11H2,1-3H3. The average Bonchev–Trinajstić information content (AvgIpc) is 2.30. The molecule has 102 valence electrons. The number of sulfone groups is 1. The highest BCUT2D eigenvalue weighted by Crippen LogP contribution is 2.01. The summed E-state index contributed by atoms with van der Waals surface area (Å²) in [6.45, 7) is 8.47. The molecule has 0 amide bonds. The SMILES string of the molecule is CCN(CC)CCC(=O)CCCS(=O)(=O)CC. The summed E-state index contributed by atoms with van der Waals surface area (Å²) in [5.74, 6) is 0.476. The summed E-state index contributed by atoms with van der Waals surface area (Å²) in [6, 6.07) is 0. The highest BCUT2D eigenvalue weighted by Gasteiger charge is 2.10. The molecular formula is C12H25NO3S. The van der Waals surface area contributed by atoms with E-state index in [-0.39, 0.29) is 17.3 Å². The van der Waals surface area contributed by atoms with Gasteiger partial charge in [0.05, 0.1) is 5.75 Å². The lowest BCUT2D eigenvalue weighted by Crippen LogP contribution is -2.25. The molecule has 0 aromatic heterocycles. The van der Waals surface area contributed by atoms with E-state index in [9.17, 15) is 13.2 Å². The molecule has 0 bridgehead atoms. The molecule has 0 aliphatic carbocycles. The molecule has 5 heteroatoms. The van der Waals surface area contributed by atoms with Gasteiger partial charge < -0.3 is 4.90 Å². The van der Waals surface area contributed by atoms with Gasteiger partial charge in [-0.15, -0.1) is 0 Å². The van der Waals surface area contributed by atoms with Crippen molar-refractivity contribution in [1.82, 2.24) is 4.90 Å². The normalized spacial score (nSPS) is 12.0. The van der Waals surface area contributed by atoms with E-state index in [0.717, 1.165) is 19.6 Å². The Hall–Kier alpha value is -0.420. The highest BCUT2D eigenvalue weighted by molar-refractivity contribution is 7.91. The molecule has 0 aromatic carbocycles. The first-order valence-electron chi connectivity index (χ1n) is 6.39. The quantitative estimate of drug-likeness (QED) is 0.599. The largest absolute Gasteiger partial charge is 0.303 e. The smallest absolute Gasteiger partial charge is 0.150 e. The number of hydrogen-bond donors (Lipinski definition) is 0. The van der Waals surface area contributed by atoms with Crippen LogP contribution in [0.1, 0.15) is 40.0 Å². The van der Waals surface area contributed by atoms with Gasteiger partial charge in [0.1, 0.15) is 15.6 Å². The maximum Gasteiger partial charge on any atom is 0.150 e. The predicted molar refractivity (Wildman–Crippen MR) is 71.0 cm³/mol. The van der Waals surface area contributed by atoms with Crippen LogP contribution >= 0.6 is 0 Å². The number of carbonyl (C=O) groups is 1. The molecule has 0 spiro atoms. The Kier molecular flexibility index (Phi) is 8.43. The number of hydrogen-bond acceptors (Lipinski definition) is 4. The van der Waals surface area contributed by atoms with Gasteiger partial charge in [0.15, 0.2) is 0 Å². The van der Waals surface area contributed by atoms with Crippen LogP contribution in [0.25, 0.3) is 0 Å². The van der Waals surface area contributed by atoms with Crippen LogP contribution < -0.4 is 0 Å². The Labute approximate surface area is 105 Å². The average molecular weight is 263 g/mol. The Morgan fingerprint density at radius 1 is 1.06 bits per heavy atom. The van der Waals surface area contributed by atoms with Crippen molar-refractivity contribution in [3.63, 3.8) is 0 Å². The summed E-state index contributed by atoms with van der Waals surface area (Å²) in [5.41, 5.74) is 0. The second-order valence-electron chi connectivity index (χ2n) is 4.16. The van der Waals surface area contributed by atoms with Gasteiger partial charge in [0.2, 0.25) is 0 Å². The lowest BCUT2D eigenvalue weighted by Gasteiger charge is -2.16. The summed E-state index contributed by atoms with van der Waals surface area (Å²) in [7, 11) is -2.92. The third-order valence-corrected chi connectivity index (χ3v) is 4.74. The molecule has 0 aromatic rings. The third-order valence-electron chi connectivity index (χ3n) is 2.95. The van der Waals surface area contributed by atoms with E-state index in [1.165, 1.54) is 0 Å². The number of rotatable bonds is 10. The Bertz CT molecular complexity index is 308. The van der Waals surface area contributed by atoms with Gasteiger partial charge in [-0.05, 0) is 19.5 Å². The molecule has 0 radical (unpaired) electrons. The first-order chi connectivity index (χ1) is 7.95. The number of nitrogens with zero attached hydrogens (tertiary/aromatic N) is 1. The van der Waals surface area contributed by atoms with E-state index in [1.807, 2.05) is 0 Å². The van der Waals surface area contributed by atoms with Crippen LogP contribution in [-0.2, 0) is 14.6 Å². The first kappa shape index (κ1) is 16.6. The summed E-state index contributed by atoms with van der Waals surface area (Å²) in [5, 5.41) is 0. The fourth-order valence-corrected chi connectivity index (χ4v) is 2.45. The fourth-order valence-electron chi connectivity index (χ4n) is 1.58. The topological polar surface area (TPSA) is 54.5 Å². The zero-order valence-corrected chi connectivity index (χ0v) is 12.1. The van der Waals surface area contributed by atoms with Crippen LogP contribution in [0.5, 0.6) is 0 Å². The van der Waals surface area contributed by atoms with E-state index < -0.39 is 9.84 Å². The molecule has 4 nitrogen and oxygen atoms in total. The molecule has 0 saturated carbocycles. The molecule has 0 heterocycles. The van der Waals surface area contributed by atoms with E-state index in [0.29, 0.717) is 19.3 Å². The highest BCUT2D eigenvalue weighted by atomic mass is 32.2. The minimum Gasteiger partial charge on any atom is -0.303 e. The molecule has 0 aliphatic rings. The van der Waals surface area contributed by atoms with Crippen molar-refractivity contribution in [3.8, 4) is 0 Å². The van der Waals surface area contributed by atoms with Crippen molar-refractivity contribution in [1.29, 1.82) is 0 Å². The van der Waals surface area contributed by atoms with Gasteiger partial charge in [-0.1, -0.05) is 20.8 Å². The fraction of sp³-hybridized carbons (Fsp3) is 0.917. The predicted octanol–water partition coefficient (Wildman–Crippen LogP) is 1.50. The lowest BCUT2D eigenvalue weighted by atomic mass is 10.2. The number of Topliss-reactive ketones (excluding diaryl/α,β-unsaturated/α-hetero) is 1. The number of carbonyl (C=O) groups excluding carboxylic acids is 1. The zero-order valence-electron chi connectivity index (χ0n) is 11.2. The summed E-state index contributed by atoms with van der Waals surface area (Å²) >= 11 is 0. The summed E-state index contributed by atoms with van der Waals surface area (Å²) < 4.78 is 22.4. The van der Waals surface area contributed by atoms with Crippen LogP contribution in [0.3, 0.4) is 0 Å². The summed E-state index contributed by atoms with van der Waals surface area (Å²) in [4.78, 5) is 13.7. The van der Waals surface area contributed by atoms with Crippen molar-refractivity contribution < 1.29 is 13.2 Å².